The Kier molecular flexibility index (Phi) is 4.52. The van der Waals surface area contributed by atoms with Crippen LogP contribution in [0, 0.1) is 0 Å². The highest BCUT2D eigenvalue weighted by Gasteiger charge is 2.18. The van der Waals surface area contributed by atoms with Gasteiger partial charge in [0.05, 0.1) is 0 Å². The molecule has 2 nitrogen and oxygen atoms in total. The quantitative estimate of drug-likeness (QED) is 0.831. The molecule has 0 aromatic heterocycles. The van der Waals surface area contributed by atoms with Crippen LogP contribution in [0.4, 0.5) is 11.4 Å². The SMILES string of the molecule is CN(C)c1cccc(S(C)(C)c2cccc(N(C)C)c2)c1. The summed E-state index contributed by atoms with van der Waals surface area (Å²) in [6.07, 6.45) is 4.74. The Balaban J connectivity index is 2.46. The molecule has 0 fully saturated rings. The van der Waals surface area contributed by atoms with Gasteiger partial charge in [-0.2, -0.15) is 10.0 Å². The molecule has 0 spiro atoms. The molecule has 0 aliphatic rings. The number of hydrogen-bond donors (Lipinski definition) is 0. The van der Waals surface area contributed by atoms with Crippen LogP contribution < -0.4 is 9.80 Å². The predicted molar refractivity (Wildman–Crippen MR) is 97.5 cm³/mol. The Bertz CT molecular complexity index is 565. The molecule has 2 aromatic rings. The first-order chi connectivity index (χ1) is 9.82. The number of anilines is 2. The summed E-state index contributed by atoms with van der Waals surface area (Å²) in [4.78, 5) is 7.17. The van der Waals surface area contributed by atoms with Gasteiger partial charge < -0.3 is 9.80 Å². The third-order valence-corrected chi connectivity index (χ3v) is 6.71. The molecule has 0 heterocycles. The van der Waals surface area contributed by atoms with Crippen LogP contribution in [-0.4, -0.2) is 40.7 Å². The van der Waals surface area contributed by atoms with Crippen molar-refractivity contribution in [1.29, 1.82) is 0 Å². The van der Waals surface area contributed by atoms with Crippen LogP contribution in [0.2, 0.25) is 0 Å². The van der Waals surface area contributed by atoms with Crippen molar-refractivity contribution in [2.75, 3.05) is 50.5 Å². The van der Waals surface area contributed by atoms with E-state index in [0.29, 0.717) is 0 Å². The minimum Gasteiger partial charge on any atom is -0.378 e. The van der Waals surface area contributed by atoms with Crippen molar-refractivity contribution in [2.24, 2.45) is 0 Å². The van der Waals surface area contributed by atoms with Gasteiger partial charge >= 0.3 is 0 Å². The molecule has 0 amide bonds. The fourth-order valence-electron chi connectivity index (χ4n) is 2.29. The van der Waals surface area contributed by atoms with Crippen LogP contribution in [0.25, 0.3) is 0 Å². The van der Waals surface area contributed by atoms with Gasteiger partial charge in [-0.3, -0.25) is 0 Å². The molecule has 0 unspecified atom stereocenters. The molecular weight excluding hydrogens is 276 g/mol. The van der Waals surface area contributed by atoms with E-state index in [1.807, 2.05) is 0 Å². The van der Waals surface area contributed by atoms with Crippen LogP contribution >= 0.6 is 10.0 Å². The average molecular weight is 302 g/mol. The van der Waals surface area contributed by atoms with E-state index in [1.54, 1.807) is 0 Å². The molecule has 0 aliphatic heterocycles. The maximum Gasteiger partial charge on any atom is 0.0371 e. The Hall–Kier alpha value is -1.61. The van der Waals surface area contributed by atoms with Crippen molar-refractivity contribution in [3.63, 3.8) is 0 Å². The Morgan fingerprint density at radius 2 is 1.05 bits per heavy atom. The van der Waals surface area contributed by atoms with Crippen molar-refractivity contribution < 1.29 is 0 Å². The van der Waals surface area contributed by atoms with Gasteiger partial charge in [-0.1, -0.05) is 12.1 Å². The maximum absolute atomic E-state index is 2.37. The summed E-state index contributed by atoms with van der Waals surface area (Å²) in [5.74, 6) is 0. The van der Waals surface area contributed by atoms with E-state index in [0.717, 1.165) is 0 Å². The minimum absolute atomic E-state index is 1.00. The molecule has 2 aromatic carbocycles. The first kappa shape index (κ1) is 15.8. The second-order valence-electron chi connectivity index (χ2n) is 6.11. The van der Waals surface area contributed by atoms with Gasteiger partial charge in [0, 0.05) is 39.6 Å². The van der Waals surface area contributed by atoms with Crippen LogP contribution in [-0.2, 0) is 0 Å². The summed E-state index contributed by atoms with van der Waals surface area (Å²) >= 11 is 0. The Morgan fingerprint density at radius 3 is 1.38 bits per heavy atom. The van der Waals surface area contributed by atoms with E-state index >= 15 is 0 Å². The molecular formula is C18H26N2S. The Labute approximate surface area is 130 Å². The van der Waals surface area contributed by atoms with Crippen molar-refractivity contribution >= 4 is 21.4 Å². The lowest BCUT2D eigenvalue weighted by Gasteiger charge is -2.34. The summed E-state index contributed by atoms with van der Waals surface area (Å²) in [7, 11) is 7.36. The van der Waals surface area contributed by atoms with Crippen LogP contribution in [0.1, 0.15) is 0 Å². The lowest BCUT2D eigenvalue weighted by molar-refractivity contribution is 1.12. The zero-order valence-electron chi connectivity index (χ0n) is 13.9. The molecule has 0 bridgehead atoms. The predicted octanol–water partition coefficient (Wildman–Crippen LogP) is 4.30. The van der Waals surface area contributed by atoms with E-state index in [1.165, 1.54) is 21.2 Å². The van der Waals surface area contributed by atoms with E-state index < -0.39 is 10.0 Å². The molecule has 3 heteroatoms. The van der Waals surface area contributed by atoms with Crippen molar-refractivity contribution in [3.8, 4) is 0 Å². The van der Waals surface area contributed by atoms with Crippen molar-refractivity contribution in [2.45, 2.75) is 9.79 Å². The van der Waals surface area contributed by atoms with Gasteiger partial charge in [-0.15, -0.1) is 0 Å². The standard InChI is InChI=1S/C18H26N2S/c1-19(2)15-9-7-11-17(13-15)21(5,6)18-12-8-10-16(14-18)20(3)4/h7-14H,1-6H3. The molecule has 0 atom stereocenters. The third kappa shape index (κ3) is 3.35. The molecule has 0 aliphatic carbocycles. The smallest absolute Gasteiger partial charge is 0.0371 e. The summed E-state index contributed by atoms with van der Waals surface area (Å²) in [6.45, 7) is 0. The number of nitrogens with zero attached hydrogens (tertiary/aromatic N) is 2. The molecule has 0 saturated carbocycles. The average Bonchev–Trinajstić information content (AvgIpc) is 2.47. The molecule has 114 valence electrons. The van der Waals surface area contributed by atoms with Gasteiger partial charge in [0.1, 0.15) is 0 Å². The van der Waals surface area contributed by atoms with Gasteiger partial charge in [0.25, 0.3) is 0 Å². The molecule has 21 heavy (non-hydrogen) atoms. The highest BCUT2D eigenvalue weighted by atomic mass is 32.3. The number of hydrogen-bond acceptors (Lipinski definition) is 2. The highest BCUT2D eigenvalue weighted by Crippen LogP contribution is 2.57. The number of benzene rings is 2. The second kappa shape index (κ2) is 6.02. The van der Waals surface area contributed by atoms with E-state index in [-0.39, 0.29) is 0 Å². The van der Waals surface area contributed by atoms with Crippen LogP contribution in [0.3, 0.4) is 0 Å². The minimum atomic E-state index is -1.00. The lowest BCUT2D eigenvalue weighted by atomic mass is 10.3. The summed E-state index contributed by atoms with van der Waals surface area (Å²) in [5, 5.41) is 0. The van der Waals surface area contributed by atoms with E-state index in [2.05, 4.69) is 99.0 Å². The molecule has 2 rings (SSSR count). The number of rotatable bonds is 4. The topological polar surface area (TPSA) is 6.48 Å². The fourth-order valence-corrected chi connectivity index (χ4v) is 4.23. The second-order valence-corrected chi connectivity index (χ2v) is 9.71. The zero-order chi connectivity index (χ0) is 15.6. The van der Waals surface area contributed by atoms with Crippen LogP contribution in [0.15, 0.2) is 58.3 Å². The van der Waals surface area contributed by atoms with E-state index in [9.17, 15) is 0 Å². The van der Waals surface area contributed by atoms with Gasteiger partial charge in [0.2, 0.25) is 0 Å². The van der Waals surface area contributed by atoms with E-state index in [4.69, 9.17) is 0 Å². The van der Waals surface area contributed by atoms with Gasteiger partial charge in [-0.05, 0) is 58.7 Å². The fraction of sp³-hybridized carbons (Fsp3) is 0.333. The first-order valence-electron chi connectivity index (χ1n) is 7.10. The zero-order valence-corrected chi connectivity index (χ0v) is 14.7. The van der Waals surface area contributed by atoms with Gasteiger partial charge in [0.15, 0.2) is 0 Å². The normalized spacial score (nSPS) is 12.1. The monoisotopic (exact) mass is 302 g/mol. The Morgan fingerprint density at radius 1 is 0.667 bits per heavy atom. The largest absolute Gasteiger partial charge is 0.378 e. The van der Waals surface area contributed by atoms with Crippen molar-refractivity contribution in [3.05, 3.63) is 48.5 Å². The third-order valence-electron chi connectivity index (χ3n) is 3.85. The molecule has 0 radical (unpaired) electrons. The van der Waals surface area contributed by atoms with Crippen molar-refractivity contribution in [1.82, 2.24) is 0 Å². The first-order valence-corrected chi connectivity index (χ1v) is 9.55. The molecule has 0 N–H and O–H groups in total. The summed E-state index contributed by atoms with van der Waals surface area (Å²) < 4.78 is 0. The highest BCUT2D eigenvalue weighted by molar-refractivity contribution is 8.32. The van der Waals surface area contributed by atoms with Gasteiger partial charge in [-0.25, -0.2) is 0 Å². The van der Waals surface area contributed by atoms with Crippen LogP contribution in [0.5, 0.6) is 0 Å². The summed E-state index contributed by atoms with van der Waals surface area (Å²) in [6, 6.07) is 17.8. The lowest BCUT2D eigenvalue weighted by Crippen LogP contribution is -2.10. The maximum atomic E-state index is 2.37. The molecule has 0 saturated heterocycles. The summed E-state index contributed by atoms with van der Waals surface area (Å²) in [5.41, 5.74) is 2.52.